The molecule has 0 saturated carbocycles. The molecule has 1 fully saturated rings. The highest BCUT2D eigenvalue weighted by Crippen LogP contribution is 2.20. The van der Waals surface area contributed by atoms with Gasteiger partial charge in [0, 0.05) is 26.7 Å². The van der Waals surface area contributed by atoms with E-state index in [4.69, 9.17) is 0 Å². The van der Waals surface area contributed by atoms with Crippen molar-refractivity contribution < 1.29 is 13.2 Å². The Morgan fingerprint density at radius 3 is 2.33 bits per heavy atom. The number of nitrogens with zero attached hydrogens (tertiary/aromatic N) is 4. The summed E-state index contributed by atoms with van der Waals surface area (Å²) in [5, 5.41) is 5.41. The van der Waals surface area contributed by atoms with Gasteiger partial charge in [-0.05, 0) is 19.3 Å². The van der Waals surface area contributed by atoms with E-state index < -0.39 is 12.6 Å². The molecule has 0 amide bonds. The van der Waals surface area contributed by atoms with Crippen molar-refractivity contribution in [1.82, 2.24) is 15.0 Å². The molecule has 118 valence electrons. The number of hydrogen-bond donors (Lipinski definition) is 2. The molecular weight excluding hydrogens is 285 g/mol. The van der Waals surface area contributed by atoms with E-state index in [1.165, 1.54) is 6.42 Å². The molecule has 0 spiro atoms. The summed E-state index contributed by atoms with van der Waals surface area (Å²) in [6.07, 6.45) is -1.81. The molecule has 0 atom stereocenters. The van der Waals surface area contributed by atoms with Gasteiger partial charge >= 0.3 is 6.18 Å². The molecule has 1 aliphatic heterocycles. The molecule has 0 unspecified atom stereocenters. The van der Waals surface area contributed by atoms with Crippen molar-refractivity contribution in [1.29, 1.82) is 0 Å². The number of piperidine rings is 1. The Labute approximate surface area is 121 Å². The van der Waals surface area contributed by atoms with Crippen molar-refractivity contribution in [3.05, 3.63) is 0 Å². The smallest absolute Gasteiger partial charge is 0.357 e. The Morgan fingerprint density at radius 1 is 1.05 bits per heavy atom. The number of aromatic nitrogens is 3. The maximum Gasteiger partial charge on any atom is 0.390 e. The SMILES string of the molecule is CNc1nc(NCCC(F)(F)F)nc(N2CCCCC2)n1. The zero-order chi connectivity index (χ0) is 15.3. The largest absolute Gasteiger partial charge is 0.390 e. The number of rotatable bonds is 5. The van der Waals surface area contributed by atoms with E-state index in [9.17, 15) is 13.2 Å². The van der Waals surface area contributed by atoms with Crippen molar-refractivity contribution in [2.24, 2.45) is 0 Å². The molecular formula is C12H19F3N6. The number of anilines is 3. The average Bonchev–Trinajstić information content (AvgIpc) is 2.46. The lowest BCUT2D eigenvalue weighted by Gasteiger charge is -2.26. The molecule has 21 heavy (non-hydrogen) atoms. The quantitative estimate of drug-likeness (QED) is 0.870. The summed E-state index contributed by atoms with van der Waals surface area (Å²) >= 11 is 0. The lowest BCUT2D eigenvalue weighted by atomic mass is 10.1. The molecule has 9 heteroatoms. The first-order valence-corrected chi connectivity index (χ1v) is 6.97. The van der Waals surface area contributed by atoms with E-state index in [0.717, 1.165) is 25.9 Å². The fourth-order valence-corrected chi connectivity index (χ4v) is 2.11. The standard InChI is InChI=1S/C12H19F3N6/c1-16-9-18-10(17-6-5-12(13,14)15)20-11(19-9)21-7-3-2-4-8-21/h2-8H2,1H3,(H2,16,17,18,19,20). The van der Waals surface area contributed by atoms with Gasteiger partial charge in [0.2, 0.25) is 17.8 Å². The van der Waals surface area contributed by atoms with Gasteiger partial charge in [0.05, 0.1) is 6.42 Å². The summed E-state index contributed by atoms with van der Waals surface area (Å²) in [5.41, 5.74) is 0. The van der Waals surface area contributed by atoms with E-state index in [1.807, 2.05) is 4.90 Å². The maximum absolute atomic E-state index is 12.2. The predicted octanol–water partition coefficient (Wildman–Crippen LogP) is 2.27. The van der Waals surface area contributed by atoms with Crippen LogP contribution in [0, 0.1) is 0 Å². The Hall–Kier alpha value is -1.80. The van der Waals surface area contributed by atoms with Crippen LogP contribution in [-0.4, -0.2) is 47.8 Å². The van der Waals surface area contributed by atoms with Gasteiger partial charge in [-0.2, -0.15) is 28.1 Å². The molecule has 0 aliphatic carbocycles. The fraction of sp³-hybridized carbons (Fsp3) is 0.750. The van der Waals surface area contributed by atoms with Crippen molar-refractivity contribution in [2.75, 3.05) is 42.2 Å². The zero-order valence-corrected chi connectivity index (χ0v) is 11.9. The van der Waals surface area contributed by atoms with Crippen LogP contribution in [0.25, 0.3) is 0 Å². The summed E-state index contributed by atoms with van der Waals surface area (Å²) in [7, 11) is 1.66. The lowest BCUT2D eigenvalue weighted by molar-refractivity contribution is -0.131. The summed E-state index contributed by atoms with van der Waals surface area (Å²) in [6, 6.07) is 0. The molecule has 1 aromatic rings. The van der Waals surface area contributed by atoms with Crippen LogP contribution in [0.3, 0.4) is 0 Å². The molecule has 0 aromatic carbocycles. The van der Waals surface area contributed by atoms with Gasteiger partial charge in [-0.15, -0.1) is 0 Å². The third-order valence-corrected chi connectivity index (χ3v) is 3.18. The Balaban J connectivity index is 2.06. The third-order valence-electron chi connectivity index (χ3n) is 3.18. The summed E-state index contributed by atoms with van der Waals surface area (Å²) in [5.74, 6) is 1.02. The number of hydrogen-bond acceptors (Lipinski definition) is 6. The molecule has 1 saturated heterocycles. The van der Waals surface area contributed by atoms with Crippen LogP contribution in [0.5, 0.6) is 0 Å². The van der Waals surface area contributed by atoms with Crippen molar-refractivity contribution in [3.63, 3.8) is 0 Å². The highest BCUT2D eigenvalue weighted by molar-refractivity contribution is 5.43. The first-order chi connectivity index (χ1) is 9.98. The number of nitrogens with one attached hydrogen (secondary N) is 2. The van der Waals surface area contributed by atoms with Gasteiger partial charge < -0.3 is 15.5 Å². The monoisotopic (exact) mass is 304 g/mol. The topological polar surface area (TPSA) is 66.0 Å². The van der Waals surface area contributed by atoms with E-state index in [0.29, 0.717) is 11.9 Å². The van der Waals surface area contributed by atoms with E-state index in [-0.39, 0.29) is 12.5 Å². The van der Waals surface area contributed by atoms with E-state index in [1.54, 1.807) is 7.05 Å². The summed E-state index contributed by atoms with van der Waals surface area (Å²) in [4.78, 5) is 14.5. The fourth-order valence-electron chi connectivity index (χ4n) is 2.11. The molecule has 2 N–H and O–H groups in total. The number of alkyl halides is 3. The Morgan fingerprint density at radius 2 is 1.71 bits per heavy atom. The first kappa shape index (κ1) is 15.6. The van der Waals surface area contributed by atoms with Gasteiger partial charge in [0.1, 0.15) is 0 Å². The van der Waals surface area contributed by atoms with Crippen LogP contribution in [0.15, 0.2) is 0 Å². The Bertz CT molecular complexity index is 459. The molecule has 1 aromatic heterocycles. The minimum atomic E-state index is -4.19. The van der Waals surface area contributed by atoms with Crippen LogP contribution >= 0.6 is 0 Å². The normalized spacial score (nSPS) is 15.9. The molecule has 0 radical (unpaired) electrons. The molecule has 6 nitrogen and oxygen atoms in total. The van der Waals surface area contributed by atoms with Crippen LogP contribution in [0.1, 0.15) is 25.7 Å². The van der Waals surface area contributed by atoms with Crippen LogP contribution in [0.4, 0.5) is 31.0 Å². The van der Waals surface area contributed by atoms with Gasteiger partial charge in [-0.25, -0.2) is 0 Å². The van der Waals surface area contributed by atoms with Crippen molar-refractivity contribution in [3.8, 4) is 0 Å². The lowest BCUT2D eigenvalue weighted by Crippen LogP contribution is -2.31. The van der Waals surface area contributed by atoms with E-state index >= 15 is 0 Å². The van der Waals surface area contributed by atoms with Crippen molar-refractivity contribution >= 4 is 17.8 Å². The first-order valence-electron chi connectivity index (χ1n) is 6.97. The second-order valence-corrected chi connectivity index (χ2v) is 4.87. The maximum atomic E-state index is 12.2. The van der Waals surface area contributed by atoms with Gasteiger partial charge in [-0.3, -0.25) is 0 Å². The van der Waals surface area contributed by atoms with Gasteiger partial charge in [0.25, 0.3) is 0 Å². The van der Waals surface area contributed by atoms with Crippen LogP contribution in [0.2, 0.25) is 0 Å². The minimum Gasteiger partial charge on any atom is -0.357 e. The van der Waals surface area contributed by atoms with Gasteiger partial charge in [0.15, 0.2) is 0 Å². The van der Waals surface area contributed by atoms with Gasteiger partial charge in [-0.1, -0.05) is 0 Å². The zero-order valence-electron chi connectivity index (χ0n) is 11.9. The second-order valence-electron chi connectivity index (χ2n) is 4.87. The van der Waals surface area contributed by atoms with Crippen LogP contribution in [-0.2, 0) is 0 Å². The average molecular weight is 304 g/mol. The van der Waals surface area contributed by atoms with E-state index in [2.05, 4.69) is 25.6 Å². The predicted molar refractivity (Wildman–Crippen MR) is 74.6 cm³/mol. The van der Waals surface area contributed by atoms with Crippen molar-refractivity contribution in [2.45, 2.75) is 31.9 Å². The highest BCUT2D eigenvalue weighted by atomic mass is 19.4. The molecule has 2 heterocycles. The highest BCUT2D eigenvalue weighted by Gasteiger charge is 2.26. The Kier molecular flexibility index (Phi) is 5.03. The minimum absolute atomic E-state index is 0.166. The summed E-state index contributed by atoms with van der Waals surface area (Å²) < 4.78 is 36.5. The molecule has 1 aliphatic rings. The second kappa shape index (κ2) is 6.77. The molecule has 0 bridgehead atoms. The number of halogens is 3. The molecule has 2 rings (SSSR count). The van der Waals surface area contributed by atoms with Crippen LogP contribution < -0.4 is 15.5 Å². The third kappa shape index (κ3) is 4.91. The summed E-state index contributed by atoms with van der Waals surface area (Å²) in [6.45, 7) is 1.46.